The summed E-state index contributed by atoms with van der Waals surface area (Å²) < 4.78 is 31.9. The normalized spacial score (nSPS) is 17.4. The van der Waals surface area contributed by atoms with Crippen LogP contribution in [0.5, 0.6) is 0 Å². The number of non-ortho nitro benzene ring substituents is 1. The minimum Gasteiger partial charge on any atom is -0.456 e. The van der Waals surface area contributed by atoms with Crippen LogP contribution in [0.1, 0.15) is 81.2 Å². The molecule has 1 saturated heterocycles. The minimum absolute atomic E-state index is 0.115. The van der Waals surface area contributed by atoms with Crippen LogP contribution < -0.4 is 0 Å². The van der Waals surface area contributed by atoms with Gasteiger partial charge in [0.25, 0.3) is 13.3 Å². The van der Waals surface area contributed by atoms with Gasteiger partial charge in [0.05, 0.1) is 41.3 Å². The lowest BCUT2D eigenvalue weighted by Crippen LogP contribution is -2.69. The van der Waals surface area contributed by atoms with Crippen LogP contribution in [-0.2, 0) is 43.7 Å². The molecule has 1 aliphatic rings. The molecule has 1 fully saturated rings. The van der Waals surface area contributed by atoms with Gasteiger partial charge >= 0.3 is 5.97 Å². The van der Waals surface area contributed by atoms with E-state index in [0.29, 0.717) is 10.6 Å². The Morgan fingerprint density at radius 2 is 1.52 bits per heavy atom. The minimum atomic E-state index is -3.91. The van der Waals surface area contributed by atoms with Crippen molar-refractivity contribution in [3.8, 4) is 0 Å². The first kappa shape index (κ1) is 43.5. The van der Waals surface area contributed by atoms with Crippen LogP contribution in [0.3, 0.4) is 0 Å². The number of likely N-dealkylation sites (tertiary alicyclic amines) is 1. The number of nitro benzene ring substituents is 1. The maximum absolute atomic E-state index is 14.6. The number of carbonyl (C=O) groups excluding carboxylic acids is 3. The van der Waals surface area contributed by atoms with Crippen molar-refractivity contribution in [1.29, 1.82) is 0 Å². The van der Waals surface area contributed by atoms with Crippen molar-refractivity contribution in [1.82, 2.24) is 9.88 Å². The van der Waals surface area contributed by atoms with Crippen LogP contribution >= 0.6 is 19.3 Å². The van der Waals surface area contributed by atoms with E-state index in [1.165, 1.54) is 29.2 Å². The Labute approximate surface area is 313 Å². The van der Waals surface area contributed by atoms with Gasteiger partial charge in [0, 0.05) is 24.8 Å². The molecule has 2 aromatic rings. The highest BCUT2D eigenvalue weighted by molar-refractivity contribution is 8.13. The van der Waals surface area contributed by atoms with Gasteiger partial charge in [0.1, 0.15) is 11.6 Å². The van der Waals surface area contributed by atoms with Crippen molar-refractivity contribution in [2.45, 2.75) is 136 Å². The van der Waals surface area contributed by atoms with E-state index in [1.807, 2.05) is 6.92 Å². The van der Waals surface area contributed by atoms with E-state index in [9.17, 15) is 24.5 Å². The summed E-state index contributed by atoms with van der Waals surface area (Å²) >= 11 is 0.948. The van der Waals surface area contributed by atoms with Crippen molar-refractivity contribution >= 4 is 55.7 Å². The molecule has 0 radical (unpaired) electrons. The lowest BCUT2D eigenvalue weighted by Gasteiger charge is -2.52. The third-order valence-electron chi connectivity index (χ3n) is 8.53. The summed E-state index contributed by atoms with van der Waals surface area (Å²) in [6, 6.07) is 9.99. The van der Waals surface area contributed by atoms with E-state index in [4.69, 9.17) is 22.7 Å². The Bertz CT molecular complexity index is 1600. The van der Waals surface area contributed by atoms with E-state index in [1.54, 1.807) is 65.9 Å². The molecule has 0 aliphatic carbocycles. The first-order valence-electron chi connectivity index (χ1n) is 17.4. The fraction of sp³-hybridized carbons (Fsp3) is 0.583. The fourth-order valence-electron chi connectivity index (χ4n) is 5.34. The molecular formula is C36H54N3O10PSSi. The molecule has 0 saturated carbocycles. The summed E-state index contributed by atoms with van der Waals surface area (Å²) in [6.07, 6.45) is -0.708. The van der Waals surface area contributed by atoms with E-state index < -0.39 is 69.1 Å². The third kappa shape index (κ3) is 11.1. The number of benzene rings is 1. The summed E-state index contributed by atoms with van der Waals surface area (Å²) in [5, 5.41) is 11.3. The largest absolute Gasteiger partial charge is 0.456 e. The monoisotopic (exact) mass is 779 g/mol. The number of rotatable bonds is 17. The number of carbonyl (C=O) groups is 3. The van der Waals surface area contributed by atoms with Gasteiger partial charge in [-0.3, -0.25) is 24.6 Å². The predicted octanol–water partition coefficient (Wildman–Crippen LogP) is 8.15. The van der Waals surface area contributed by atoms with E-state index in [0.717, 1.165) is 11.8 Å². The first-order chi connectivity index (χ1) is 24.1. The Morgan fingerprint density at radius 3 is 1.98 bits per heavy atom. The molecule has 1 amide bonds. The Kier molecular flexibility index (Phi) is 15.0. The van der Waals surface area contributed by atoms with Crippen LogP contribution in [0.2, 0.25) is 18.1 Å². The average molecular weight is 780 g/mol. The number of thioether (sulfide) groups is 1. The van der Waals surface area contributed by atoms with Gasteiger partial charge in [-0.15, -0.1) is 0 Å². The van der Waals surface area contributed by atoms with Gasteiger partial charge in [0.2, 0.25) is 11.3 Å². The van der Waals surface area contributed by atoms with Crippen molar-refractivity contribution in [2.75, 3.05) is 0 Å². The molecule has 288 valence electrons. The van der Waals surface area contributed by atoms with Gasteiger partial charge in [-0.05, 0) is 108 Å². The van der Waals surface area contributed by atoms with Crippen LogP contribution in [0.15, 0.2) is 53.7 Å². The number of amides is 1. The maximum Gasteiger partial charge on any atom is 0.362 e. The summed E-state index contributed by atoms with van der Waals surface area (Å²) in [7, 11) is -6.29. The van der Waals surface area contributed by atoms with Gasteiger partial charge in [-0.25, -0.2) is 9.78 Å². The number of ether oxygens (including phenoxy) is 1. The van der Waals surface area contributed by atoms with Crippen LogP contribution in [0, 0.1) is 16.0 Å². The van der Waals surface area contributed by atoms with Crippen LogP contribution in [0.25, 0.3) is 0 Å². The molecule has 2 heterocycles. The third-order valence-corrected chi connectivity index (χ3v) is 17.0. The molecule has 0 spiro atoms. The topological polar surface area (TPSA) is 157 Å². The molecule has 52 heavy (non-hydrogen) atoms. The number of aromatic nitrogens is 1. The Morgan fingerprint density at radius 1 is 0.962 bits per heavy atom. The summed E-state index contributed by atoms with van der Waals surface area (Å²) in [6.45, 7) is 22.6. The smallest absolute Gasteiger partial charge is 0.362 e. The number of hydrogen-bond donors (Lipinski definition) is 0. The van der Waals surface area contributed by atoms with Crippen molar-refractivity contribution in [3.63, 3.8) is 0 Å². The summed E-state index contributed by atoms with van der Waals surface area (Å²) in [5.74, 6) is -2.18. The fourth-order valence-corrected chi connectivity index (χ4v) is 10.4. The van der Waals surface area contributed by atoms with Crippen molar-refractivity contribution in [2.24, 2.45) is 5.92 Å². The quantitative estimate of drug-likeness (QED) is 0.0289. The highest BCUT2D eigenvalue weighted by Gasteiger charge is 2.58. The Hall–Kier alpha value is -2.91. The molecule has 3 unspecified atom stereocenters. The number of hydrogen-bond acceptors (Lipinski definition) is 12. The predicted molar refractivity (Wildman–Crippen MR) is 205 cm³/mol. The lowest BCUT2D eigenvalue weighted by molar-refractivity contribution is -0.384. The number of esters is 1. The van der Waals surface area contributed by atoms with Crippen molar-refractivity contribution < 1.29 is 42.0 Å². The van der Waals surface area contributed by atoms with Crippen LogP contribution in [-0.4, -0.2) is 76.0 Å². The SMILES string of the molecule is CC(C)OP(OC(C)C)(OC(C)C)=C(C(=O)OCc1ccc([N+](=O)[O-])cc1)N1C(=O)C(C(C)O[Si](C)(C)C(C)(C)C)C1CC(=O)Sc1ccccn1. The average Bonchev–Trinajstić information content (AvgIpc) is 3.00. The standard InChI is InChI=1S/C36H54N3O10PSSi/c1-23(2)46-50(47-24(3)4,48-25(5)6)34(35(42)45-22-27-16-18-28(19-17-27)39(43)44)38-29(21-31(40)51-30-15-13-14-20-37-30)32(33(38)41)26(7)49-52(11,12)36(8,9)10/h13-20,23-26,29,32H,21-22H2,1-12H3. The lowest BCUT2D eigenvalue weighted by atomic mass is 9.81. The zero-order valence-corrected chi connectivity index (χ0v) is 35.0. The van der Waals surface area contributed by atoms with Crippen LogP contribution in [0.4, 0.5) is 5.69 Å². The molecule has 16 heteroatoms. The molecule has 1 aliphatic heterocycles. The highest BCUT2D eigenvalue weighted by atomic mass is 32.2. The zero-order chi connectivity index (χ0) is 39.2. The molecule has 0 bridgehead atoms. The number of pyridine rings is 1. The van der Waals surface area contributed by atoms with Gasteiger partial charge in [-0.2, -0.15) is 0 Å². The van der Waals surface area contributed by atoms with E-state index >= 15 is 0 Å². The second-order valence-corrected chi connectivity index (χ2v) is 22.9. The number of nitro groups is 1. The van der Waals surface area contributed by atoms with Gasteiger partial charge in [-0.1, -0.05) is 26.8 Å². The van der Waals surface area contributed by atoms with Crippen molar-refractivity contribution in [3.05, 3.63) is 64.3 Å². The molecule has 1 aromatic heterocycles. The van der Waals surface area contributed by atoms with E-state index in [-0.39, 0.29) is 34.3 Å². The molecule has 13 nitrogen and oxygen atoms in total. The Balaban J connectivity index is 2.22. The summed E-state index contributed by atoms with van der Waals surface area (Å²) in [5.41, 5.74) is 0.104. The number of β-lactam (4-membered cyclic amide) rings is 1. The van der Waals surface area contributed by atoms with Gasteiger partial charge < -0.3 is 22.7 Å². The van der Waals surface area contributed by atoms with E-state index in [2.05, 4.69) is 38.8 Å². The number of nitrogens with zero attached hydrogens (tertiary/aromatic N) is 3. The highest BCUT2D eigenvalue weighted by Crippen LogP contribution is 2.58. The summed E-state index contributed by atoms with van der Waals surface area (Å²) in [4.78, 5) is 59.1. The first-order valence-corrected chi connectivity index (χ1v) is 22.7. The van der Waals surface area contributed by atoms with Gasteiger partial charge in [0.15, 0.2) is 13.4 Å². The molecule has 3 atom stereocenters. The molecule has 0 N–H and O–H groups in total. The molecular weight excluding hydrogens is 726 g/mol. The second-order valence-electron chi connectivity index (χ2n) is 15.0. The molecule has 3 rings (SSSR count). The maximum atomic E-state index is 14.6. The second kappa shape index (κ2) is 17.9. The molecule has 1 aromatic carbocycles. The zero-order valence-electron chi connectivity index (χ0n) is 32.3.